The van der Waals surface area contributed by atoms with Gasteiger partial charge in [-0.1, -0.05) is 0 Å². The normalized spacial score (nSPS) is 16.9. The van der Waals surface area contributed by atoms with Crippen molar-refractivity contribution >= 4 is 22.6 Å². The molecule has 7 heteroatoms. The minimum Gasteiger partial charge on any atom is -0.376 e. The van der Waals surface area contributed by atoms with Gasteiger partial charge in [0.1, 0.15) is 11.2 Å². The second-order valence-corrected chi connectivity index (χ2v) is 6.56. The molecule has 4 rings (SSSR count). The van der Waals surface area contributed by atoms with E-state index in [1.165, 1.54) is 0 Å². The summed E-state index contributed by atoms with van der Waals surface area (Å²) in [5.74, 6) is -0.425. The zero-order valence-corrected chi connectivity index (χ0v) is 14.5. The molecule has 134 valence electrons. The van der Waals surface area contributed by atoms with Gasteiger partial charge in [-0.3, -0.25) is 9.59 Å². The number of ether oxygens (including phenoxy) is 1. The maximum atomic E-state index is 12.8. The highest BCUT2D eigenvalue weighted by molar-refractivity contribution is 6.05. The fraction of sp³-hybridized carbons (Fsp3) is 0.316. The van der Waals surface area contributed by atoms with E-state index in [4.69, 9.17) is 4.74 Å². The number of aryl methyl sites for hydroxylation is 1. The van der Waals surface area contributed by atoms with Crippen LogP contribution in [0.5, 0.6) is 0 Å². The van der Waals surface area contributed by atoms with Gasteiger partial charge in [-0.25, -0.2) is 4.98 Å². The Balaban J connectivity index is 1.60. The molecular weight excluding hydrogens is 332 g/mol. The van der Waals surface area contributed by atoms with Crippen molar-refractivity contribution in [2.45, 2.75) is 32.4 Å². The summed E-state index contributed by atoms with van der Waals surface area (Å²) in [6.07, 6.45) is 7.06. The molecule has 0 radical (unpaired) electrons. The first-order valence-electron chi connectivity index (χ1n) is 8.68. The van der Waals surface area contributed by atoms with E-state index in [2.05, 4.69) is 15.3 Å². The fourth-order valence-electron chi connectivity index (χ4n) is 3.29. The molecule has 0 aromatic carbocycles. The summed E-state index contributed by atoms with van der Waals surface area (Å²) in [6, 6.07) is 5.49. The average Bonchev–Trinajstić information content (AvgIpc) is 3.28. The predicted octanol–water partition coefficient (Wildman–Crippen LogP) is 2.46. The third-order valence-electron chi connectivity index (χ3n) is 4.68. The van der Waals surface area contributed by atoms with Crippen molar-refractivity contribution in [3.05, 3.63) is 58.3 Å². The Bertz CT molecular complexity index is 1020. The largest absolute Gasteiger partial charge is 0.376 e. The molecule has 1 amide bonds. The van der Waals surface area contributed by atoms with E-state index in [9.17, 15) is 9.59 Å². The van der Waals surface area contributed by atoms with Gasteiger partial charge < -0.3 is 19.6 Å². The Labute approximate surface area is 150 Å². The molecule has 3 aromatic heterocycles. The maximum absolute atomic E-state index is 12.8. The average molecular weight is 352 g/mol. The Morgan fingerprint density at radius 3 is 3.15 bits per heavy atom. The zero-order valence-electron chi connectivity index (χ0n) is 14.5. The maximum Gasteiger partial charge on any atom is 0.263 e. The van der Waals surface area contributed by atoms with Crippen LogP contribution in [0.25, 0.3) is 11.0 Å². The summed E-state index contributed by atoms with van der Waals surface area (Å²) >= 11 is 0. The smallest absolute Gasteiger partial charge is 0.263 e. The van der Waals surface area contributed by atoms with Crippen molar-refractivity contribution in [2.75, 3.05) is 11.9 Å². The van der Waals surface area contributed by atoms with Crippen molar-refractivity contribution < 1.29 is 9.53 Å². The van der Waals surface area contributed by atoms with Crippen LogP contribution < -0.4 is 10.9 Å². The molecule has 1 saturated heterocycles. The van der Waals surface area contributed by atoms with Gasteiger partial charge in [0.25, 0.3) is 11.5 Å². The molecule has 0 spiro atoms. The summed E-state index contributed by atoms with van der Waals surface area (Å²) in [5.41, 5.74) is 1.80. The number of anilines is 1. The van der Waals surface area contributed by atoms with E-state index in [0.29, 0.717) is 17.8 Å². The quantitative estimate of drug-likeness (QED) is 0.755. The molecule has 1 unspecified atom stereocenters. The van der Waals surface area contributed by atoms with Gasteiger partial charge in [0.2, 0.25) is 0 Å². The minimum absolute atomic E-state index is 0.0338. The number of fused-ring (bicyclic) bond motifs is 1. The molecule has 1 fully saturated rings. The molecular formula is C19H20N4O3. The number of nitrogens with one attached hydrogen (secondary N) is 2. The van der Waals surface area contributed by atoms with Crippen LogP contribution in [0.1, 0.15) is 28.8 Å². The van der Waals surface area contributed by atoms with Crippen LogP contribution in [-0.4, -0.2) is 33.2 Å². The number of aromatic nitrogens is 3. The van der Waals surface area contributed by atoms with Gasteiger partial charge in [-0.05, 0) is 43.5 Å². The van der Waals surface area contributed by atoms with E-state index in [0.717, 1.165) is 30.5 Å². The van der Waals surface area contributed by atoms with Gasteiger partial charge in [0.05, 0.1) is 24.5 Å². The number of carbonyl (C=O) groups excluding carboxylic acids is 1. The van der Waals surface area contributed by atoms with Crippen molar-refractivity contribution in [3.63, 3.8) is 0 Å². The van der Waals surface area contributed by atoms with E-state index >= 15 is 0 Å². The highest BCUT2D eigenvalue weighted by Gasteiger charge is 2.20. The third kappa shape index (κ3) is 3.13. The highest BCUT2D eigenvalue weighted by Crippen LogP contribution is 2.17. The van der Waals surface area contributed by atoms with E-state index in [-0.39, 0.29) is 17.2 Å². The van der Waals surface area contributed by atoms with Crippen LogP contribution in [0.4, 0.5) is 5.69 Å². The first kappa shape index (κ1) is 16.5. The number of amides is 1. The standard InChI is InChI=1S/C19H20N4O3/c1-12-5-7-23(11-15-3-2-8-26-15)19(25)16(12)18(24)22-14-9-13-4-6-20-17(13)21-10-14/h4-7,9-10,15H,2-3,8,11H2,1H3,(H,20,21)(H,22,24). The Hall–Kier alpha value is -2.93. The molecule has 26 heavy (non-hydrogen) atoms. The summed E-state index contributed by atoms with van der Waals surface area (Å²) in [5, 5.41) is 3.67. The number of H-pyrrole nitrogens is 1. The van der Waals surface area contributed by atoms with Crippen LogP contribution in [0.3, 0.4) is 0 Å². The number of rotatable bonds is 4. The SMILES string of the molecule is Cc1ccn(CC2CCCO2)c(=O)c1C(=O)Nc1cnc2[nH]ccc2c1. The van der Waals surface area contributed by atoms with Crippen LogP contribution in [-0.2, 0) is 11.3 Å². The highest BCUT2D eigenvalue weighted by atomic mass is 16.5. The molecule has 1 aliphatic heterocycles. The van der Waals surface area contributed by atoms with Gasteiger partial charge in [0.15, 0.2) is 0 Å². The number of nitrogens with zero attached hydrogens (tertiary/aromatic N) is 2. The van der Waals surface area contributed by atoms with Crippen molar-refractivity contribution in [3.8, 4) is 0 Å². The Morgan fingerprint density at radius 2 is 2.35 bits per heavy atom. The van der Waals surface area contributed by atoms with Crippen LogP contribution >= 0.6 is 0 Å². The minimum atomic E-state index is -0.425. The molecule has 0 bridgehead atoms. The Morgan fingerprint density at radius 1 is 1.46 bits per heavy atom. The number of aromatic amines is 1. The lowest BCUT2D eigenvalue weighted by atomic mass is 10.1. The number of hydrogen-bond donors (Lipinski definition) is 2. The number of carbonyl (C=O) groups is 1. The van der Waals surface area contributed by atoms with E-state index in [1.54, 1.807) is 36.1 Å². The van der Waals surface area contributed by atoms with E-state index < -0.39 is 5.91 Å². The van der Waals surface area contributed by atoms with Crippen LogP contribution in [0.15, 0.2) is 41.6 Å². The van der Waals surface area contributed by atoms with E-state index in [1.807, 2.05) is 12.1 Å². The Kier molecular flexibility index (Phi) is 4.30. The van der Waals surface area contributed by atoms with Crippen molar-refractivity contribution in [1.82, 2.24) is 14.5 Å². The fourth-order valence-corrected chi connectivity index (χ4v) is 3.29. The number of pyridine rings is 2. The molecule has 4 heterocycles. The predicted molar refractivity (Wildman–Crippen MR) is 98.5 cm³/mol. The molecule has 2 N–H and O–H groups in total. The van der Waals surface area contributed by atoms with Gasteiger partial charge in [-0.15, -0.1) is 0 Å². The van der Waals surface area contributed by atoms with Crippen LogP contribution in [0.2, 0.25) is 0 Å². The molecule has 3 aromatic rings. The van der Waals surface area contributed by atoms with Crippen molar-refractivity contribution in [1.29, 1.82) is 0 Å². The zero-order chi connectivity index (χ0) is 18.1. The van der Waals surface area contributed by atoms with Crippen molar-refractivity contribution in [2.24, 2.45) is 0 Å². The monoisotopic (exact) mass is 352 g/mol. The molecule has 0 aliphatic carbocycles. The van der Waals surface area contributed by atoms with Gasteiger partial charge in [-0.2, -0.15) is 0 Å². The third-order valence-corrected chi connectivity index (χ3v) is 4.68. The summed E-state index contributed by atoms with van der Waals surface area (Å²) < 4.78 is 7.16. The first-order chi connectivity index (χ1) is 12.6. The topological polar surface area (TPSA) is 89.0 Å². The molecule has 7 nitrogen and oxygen atoms in total. The summed E-state index contributed by atoms with van der Waals surface area (Å²) in [7, 11) is 0. The van der Waals surface area contributed by atoms with Gasteiger partial charge in [0, 0.05) is 24.4 Å². The molecule has 0 saturated carbocycles. The number of hydrogen-bond acceptors (Lipinski definition) is 4. The van der Waals surface area contributed by atoms with Crippen LogP contribution in [0, 0.1) is 6.92 Å². The lowest BCUT2D eigenvalue weighted by Crippen LogP contribution is -2.32. The lowest BCUT2D eigenvalue weighted by molar-refractivity contribution is 0.0952. The second-order valence-electron chi connectivity index (χ2n) is 6.56. The molecule has 1 aliphatic rings. The lowest BCUT2D eigenvalue weighted by Gasteiger charge is -2.14. The van der Waals surface area contributed by atoms with Gasteiger partial charge >= 0.3 is 0 Å². The summed E-state index contributed by atoms with van der Waals surface area (Å²) in [4.78, 5) is 32.8. The second kappa shape index (κ2) is 6.76. The summed E-state index contributed by atoms with van der Waals surface area (Å²) in [6.45, 7) is 2.96. The first-order valence-corrected chi connectivity index (χ1v) is 8.68. The molecule has 1 atom stereocenters.